The Kier molecular flexibility index (Phi) is 3.03. The molecule has 2 rings (SSSR count). The number of rotatable bonds is 2. The van der Waals surface area contributed by atoms with E-state index in [2.05, 4.69) is 0 Å². The molecule has 0 aromatic heterocycles. The van der Waals surface area contributed by atoms with Crippen LogP contribution in [-0.4, -0.2) is 13.2 Å². The quantitative estimate of drug-likeness (QED) is 0.810. The fourth-order valence-electron chi connectivity index (χ4n) is 2.18. The van der Waals surface area contributed by atoms with Gasteiger partial charge < -0.3 is 10.5 Å². The van der Waals surface area contributed by atoms with E-state index >= 15 is 0 Å². The van der Waals surface area contributed by atoms with Crippen molar-refractivity contribution in [1.29, 1.82) is 0 Å². The lowest BCUT2D eigenvalue weighted by molar-refractivity contribution is 0.0919. The highest BCUT2D eigenvalue weighted by atomic mass is 19.1. The molecule has 2 unspecified atom stereocenters. The minimum Gasteiger partial charge on any atom is -0.373 e. The molecule has 1 aliphatic heterocycles. The van der Waals surface area contributed by atoms with Crippen molar-refractivity contribution in [3.8, 4) is 0 Å². The molecule has 1 aliphatic rings. The lowest BCUT2D eigenvalue weighted by Crippen LogP contribution is -2.18. The molecular weight excluding hydrogens is 193 g/mol. The van der Waals surface area contributed by atoms with Crippen molar-refractivity contribution in [2.45, 2.75) is 19.4 Å². The van der Waals surface area contributed by atoms with Gasteiger partial charge in [-0.1, -0.05) is 6.07 Å². The van der Waals surface area contributed by atoms with E-state index < -0.39 is 0 Å². The normalized spacial score (nSPS) is 25.8. The van der Waals surface area contributed by atoms with Gasteiger partial charge in [0.15, 0.2) is 0 Å². The topological polar surface area (TPSA) is 35.2 Å². The van der Waals surface area contributed by atoms with Gasteiger partial charge >= 0.3 is 0 Å². The molecule has 2 N–H and O–H groups in total. The van der Waals surface area contributed by atoms with Crippen molar-refractivity contribution in [1.82, 2.24) is 0 Å². The molecule has 0 aliphatic carbocycles. The molecule has 2 nitrogen and oxygen atoms in total. The van der Waals surface area contributed by atoms with Crippen LogP contribution in [0.2, 0.25) is 0 Å². The molecule has 1 heterocycles. The lowest BCUT2D eigenvalue weighted by Gasteiger charge is -2.19. The minimum absolute atomic E-state index is 0.0515. The van der Waals surface area contributed by atoms with Gasteiger partial charge in [0.25, 0.3) is 0 Å². The van der Waals surface area contributed by atoms with Crippen molar-refractivity contribution in [2.75, 3.05) is 13.2 Å². The summed E-state index contributed by atoms with van der Waals surface area (Å²) in [5, 5.41) is 0. The molecule has 0 amide bonds. The van der Waals surface area contributed by atoms with Gasteiger partial charge in [-0.15, -0.1) is 0 Å². The summed E-state index contributed by atoms with van der Waals surface area (Å²) in [6.07, 6.45) is 1.05. The van der Waals surface area contributed by atoms with Gasteiger partial charge in [0.1, 0.15) is 5.82 Å². The fraction of sp³-hybridized carbons (Fsp3) is 0.500. The van der Waals surface area contributed by atoms with Crippen molar-refractivity contribution >= 4 is 0 Å². The van der Waals surface area contributed by atoms with Crippen molar-refractivity contribution in [2.24, 2.45) is 11.7 Å². The number of nitrogens with two attached hydrogens (primary N) is 1. The van der Waals surface area contributed by atoms with E-state index in [-0.39, 0.29) is 11.9 Å². The highest BCUT2D eigenvalue weighted by Crippen LogP contribution is 2.35. The standard InChI is InChI=1S/C12H16FNO/c1-8-6-10(13)2-3-11(8)12-9(7-14)4-5-15-12/h2-3,6,9,12H,4-5,7,14H2,1H3. The molecule has 15 heavy (non-hydrogen) atoms. The van der Waals surface area contributed by atoms with Crippen molar-refractivity contribution in [3.05, 3.63) is 35.1 Å². The predicted molar refractivity (Wildman–Crippen MR) is 57.0 cm³/mol. The largest absolute Gasteiger partial charge is 0.373 e. The molecule has 82 valence electrons. The number of benzene rings is 1. The van der Waals surface area contributed by atoms with Crippen LogP contribution in [0.4, 0.5) is 4.39 Å². The van der Waals surface area contributed by atoms with Gasteiger partial charge in [0, 0.05) is 12.5 Å². The first-order chi connectivity index (χ1) is 7.22. The first kappa shape index (κ1) is 10.6. The monoisotopic (exact) mass is 209 g/mol. The van der Waals surface area contributed by atoms with E-state index in [0.29, 0.717) is 12.5 Å². The van der Waals surface area contributed by atoms with Crippen LogP contribution >= 0.6 is 0 Å². The van der Waals surface area contributed by atoms with Crippen LogP contribution in [0.3, 0.4) is 0 Å². The van der Waals surface area contributed by atoms with Crippen LogP contribution in [-0.2, 0) is 4.74 Å². The summed E-state index contributed by atoms with van der Waals surface area (Å²) in [6, 6.07) is 4.84. The van der Waals surface area contributed by atoms with Crippen LogP contribution in [0.25, 0.3) is 0 Å². The summed E-state index contributed by atoms with van der Waals surface area (Å²) in [7, 11) is 0. The number of ether oxygens (including phenoxy) is 1. The summed E-state index contributed by atoms with van der Waals surface area (Å²) in [6.45, 7) is 3.29. The molecule has 1 fully saturated rings. The first-order valence-corrected chi connectivity index (χ1v) is 5.30. The molecule has 0 bridgehead atoms. The molecular formula is C12H16FNO. The maximum absolute atomic E-state index is 12.9. The smallest absolute Gasteiger partial charge is 0.123 e. The number of halogens is 1. The Balaban J connectivity index is 2.28. The molecule has 0 radical (unpaired) electrons. The van der Waals surface area contributed by atoms with Crippen LogP contribution in [0.15, 0.2) is 18.2 Å². The molecule has 2 atom stereocenters. The molecule has 3 heteroatoms. The minimum atomic E-state index is -0.196. The van der Waals surface area contributed by atoms with E-state index in [4.69, 9.17) is 10.5 Å². The maximum Gasteiger partial charge on any atom is 0.123 e. The van der Waals surface area contributed by atoms with Crippen LogP contribution in [0.1, 0.15) is 23.7 Å². The van der Waals surface area contributed by atoms with E-state index in [1.165, 1.54) is 6.07 Å². The van der Waals surface area contributed by atoms with Crippen LogP contribution < -0.4 is 5.73 Å². The summed E-state index contributed by atoms with van der Waals surface area (Å²) >= 11 is 0. The molecule has 1 aromatic carbocycles. The molecule has 1 saturated heterocycles. The Morgan fingerprint density at radius 1 is 1.53 bits per heavy atom. The number of aryl methyl sites for hydroxylation is 1. The van der Waals surface area contributed by atoms with Gasteiger partial charge in [-0.05, 0) is 43.1 Å². The summed E-state index contributed by atoms with van der Waals surface area (Å²) in [5.41, 5.74) is 7.71. The third-order valence-electron chi connectivity index (χ3n) is 3.06. The third kappa shape index (κ3) is 2.03. The fourth-order valence-corrected chi connectivity index (χ4v) is 2.18. The lowest BCUT2D eigenvalue weighted by atomic mass is 9.93. The maximum atomic E-state index is 12.9. The van der Waals surface area contributed by atoms with E-state index in [9.17, 15) is 4.39 Å². The van der Waals surface area contributed by atoms with Gasteiger partial charge in [0.2, 0.25) is 0 Å². The SMILES string of the molecule is Cc1cc(F)ccc1C1OCCC1CN. The second-order valence-corrected chi connectivity index (χ2v) is 4.08. The summed E-state index contributed by atoms with van der Waals surface area (Å²) in [5.74, 6) is 0.174. The van der Waals surface area contributed by atoms with Crippen LogP contribution in [0.5, 0.6) is 0 Å². The first-order valence-electron chi connectivity index (χ1n) is 5.30. The zero-order chi connectivity index (χ0) is 10.8. The van der Waals surface area contributed by atoms with E-state index in [0.717, 1.165) is 24.2 Å². The third-order valence-corrected chi connectivity index (χ3v) is 3.06. The molecule has 0 spiro atoms. The Bertz CT molecular complexity index is 353. The Morgan fingerprint density at radius 2 is 2.33 bits per heavy atom. The predicted octanol–water partition coefficient (Wildman–Crippen LogP) is 2.17. The zero-order valence-corrected chi connectivity index (χ0v) is 8.87. The Hall–Kier alpha value is -0.930. The van der Waals surface area contributed by atoms with E-state index in [1.54, 1.807) is 6.07 Å². The highest BCUT2D eigenvalue weighted by molar-refractivity contribution is 5.29. The number of hydrogen-bond acceptors (Lipinski definition) is 2. The molecule has 0 saturated carbocycles. The van der Waals surface area contributed by atoms with Gasteiger partial charge in [0.05, 0.1) is 6.10 Å². The van der Waals surface area contributed by atoms with Crippen LogP contribution in [0, 0.1) is 18.7 Å². The van der Waals surface area contributed by atoms with Gasteiger partial charge in [-0.25, -0.2) is 4.39 Å². The van der Waals surface area contributed by atoms with Crippen molar-refractivity contribution in [3.63, 3.8) is 0 Å². The van der Waals surface area contributed by atoms with E-state index in [1.807, 2.05) is 13.0 Å². The average molecular weight is 209 g/mol. The Labute approximate surface area is 89.2 Å². The number of hydrogen-bond donors (Lipinski definition) is 1. The van der Waals surface area contributed by atoms with Gasteiger partial charge in [-0.3, -0.25) is 0 Å². The van der Waals surface area contributed by atoms with Gasteiger partial charge in [-0.2, -0.15) is 0 Å². The summed E-state index contributed by atoms with van der Waals surface area (Å²) in [4.78, 5) is 0. The zero-order valence-electron chi connectivity index (χ0n) is 8.87. The second kappa shape index (κ2) is 4.29. The summed E-state index contributed by atoms with van der Waals surface area (Å²) < 4.78 is 18.6. The highest BCUT2D eigenvalue weighted by Gasteiger charge is 2.29. The Morgan fingerprint density at radius 3 is 3.00 bits per heavy atom. The molecule has 1 aromatic rings. The average Bonchev–Trinajstić information content (AvgIpc) is 2.65. The van der Waals surface area contributed by atoms with Crippen molar-refractivity contribution < 1.29 is 9.13 Å². The second-order valence-electron chi connectivity index (χ2n) is 4.08.